The molecule has 1 rings (SSSR count). The fraction of sp³-hybridized carbons (Fsp3) is 0.825. The molecule has 0 aliphatic carbocycles. The lowest BCUT2D eigenvalue weighted by molar-refractivity contribution is -0.317. The van der Waals surface area contributed by atoms with Gasteiger partial charge in [-0.1, -0.05) is 73.1 Å². The third-order valence-corrected chi connectivity index (χ3v) is 10.7. The molecule has 0 radical (unpaired) electrons. The molecule has 1 heterocycles. The molecule has 0 aromatic rings. The number of ether oxygens (including phenoxy) is 3. The van der Waals surface area contributed by atoms with Crippen molar-refractivity contribution in [2.24, 2.45) is 35.5 Å². The van der Waals surface area contributed by atoms with Crippen molar-refractivity contribution < 1.29 is 70.1 Å². The largest absolute Gasteiger partial charge is 0.459 e. The van der Waals surface area contributed by atoms with Crippen LogP contribution < -0.4 is 0 Å². The highest BCUT2D eigenvalue weighted by Gasteiger charge is 2.45. The summed E-state index contributed by atoms with van der Waals surface area (Å²) in [6.07, 6.45) is -6.45. The van der Waals surface area contributed by atoms with Gasteiger partial charge in [-0.25, -0.2) is 4.79 Å². The Balaban J connectivity index is 3.13. The van der Waals surface area contributed by atoms with Crippen LogP contribution in [0.4, 0.5) is 0 Å². The molecular weight excluding hydrogens is 704 g/mol. The molecule has 1 aliphatic rings. The first kappa shape index (κ1) is 50.2. The van der Waals surface area contributed by atoms with Crippen molar-refractivity contribution >= 4 is 5.97 Å². The summed E-state index contributed by atoms with van der Waals surface area (Å²) in [4.78, 5) is 12.5. The molecule has 1 aliphatic heterocycles. The Bertz CT molecular complexity index is 1190. The molecule has 1 saturated heterocycles. The number of carbonyl (C=O) groups is 1. The molecule has 10 N–H and O–H groups in total. The molecule has 0 amide bonds. The van der Waals surface area contributed by atoms with Crippen LogP contribution in [0.3, 0.4) is 0 Å². The van der Waals surface area contributed by atoms with Crippen LogP contribution in [0.15, 0.2) is 34.9 Å². The number of hydrogen-bond donors (Lipinski definition) is 10. The molecule has 0 spiro atoms. The summed E-state index contributed by atoms with van der Waals surface area (Å²) in [5.41, 5.74) is 1.33. The van der Waals surface area contributed by atoms with Gasteiger partial charge in [0.25, 0.3) is 0 Å². The molecular formula is C40H72O14. The average molecular weight is 777 g/mol. The first-order valence-corrected chi connectivity index (χ1v) is 19.3. The van der Waals surface area contributed by atoms with Crippen LogP contribution in [0.5, 0.6) is 0 Å². The van der Waals surface area contributed by atoms with Crippen molar-refractivity contribution in [3.05, 3.63) is 34.9 Å². The fourth-order valence-corrected chi connectivity index (χ4v) is 7.16. The van der Waals surface area contributed by atoms with Gasteiger partial charge in [-0.05, 0) is 62.5 Å². The van der Waals surface area contributed by atoms with Gasteiger partial charge < -0.3 is 65.3 Å². The van der Waals surface area contributed by atoms with Crippen molar-refractivity contribution in [2.45, 2.75) is 156 Å². The summed E-state index contributed by atoms with van der Waals surface area (Å²) in [5, 5.41) is 102. The lowest BCUT2D eigenvalue weighted by atomic mass is 9.82. The maximum Gasteiger partial charge on any atom is 0.333 e. The standard InChI is InChI=1S/C40H72O14/c1-11-20(2)12-21(3)13-26(8)38(54-40-37(50)36(49)35(48)31(18-42)53-40)27(9)15-24(6)32(45)22(4)14-23(5)33(46)25(7)16-28(10)39(51)52-19-30(44)34(47)29(43)17-41/h14-16,20-22,25-27,29-38,40-50H,11-13,17-19H2,1-10H3/b23-14+,24-15+,28-16+/t20-,21-,22-,25-,26-,27-,29+,30+,31+,32-,33+,34+,35+,36-,37-,38+,40-/m0/s1. The minimum Gasteiger partial charge on any atom is -0.459 e. The number of hydrogen-bond acceptors (Lipinski definition) is 14. The van der Waals surface area contributed by atoms with Crippen LogP contribution in [0.1, 0.15) is 88.5 Å². The molecule has 0 saturated carbocycles. The van der Waals surface area contributed by atoms with Gasteiger partial charge in [-0.3, -0.25) is 0 Å². The van der Waals surface area contributed by atoms with Crippen molar-refractivity contribution in [3.63, 3.8) is 0 Å². The predicted octanol–water partition coefficient (Wildman–Crippen LogP) is 1.36. The molecule has 14 nitrogen and oxygen atoms in total. The van der Waals surface area contributed by atoms with E-state index in [1.54, 1.807) is 33.8 Å². The zero-order valence-electron chi connectivity index (χ0n) is 33.9. The van der Waals surface area contributed by atoms with Crippen LogP contribution in [-0.2, 0) is 19.0 Å². The van der Waals surface area contributed by atoms with Crippen LogP contribution in [0, 0.1) is 35.5 Å². The van der Waals surface area contributed by atoms with E-state index in [0.717, 1.165) is 19.3 Å². The lowest BCUT2D eigenvalue weighted by Gasteiger charge is -2.42. The first-order chi connectivity index (χ1) is 25.1. The second-order valence-electron chi connectivity index (χ2n) is 15.9. The lowest BCUT2D eigenvalue weighted by Crippen LogP contribution is -2.60. The molecule has 17 atom stereocenters. The number of esters is 1. The Labute approximate surface area is 321 Å². The summed E-state index contributed by atoms with van der Waals surface area (Å²) in [6, 6.07) is 0. The Morgan fingerprint density at radius 2 is 1.26 bits per heavy atom. The number of carbonyl (C=O) groups excluding carboxylic acids is 1. The van der Waals surface area contributed by atoms with Crippen LogP contribution in [0.2, 0.25) is 0 Å². The quantitative estimate of drug-likeness (QED) is 0.0400. The van der Waals surface area contributed by atoms with E-state index in [9.17, 15) is 50.8 Å². The SMILES string of the molecule is CC[C@H](C)C[C@H](C)C[C@H](C)[C@@H](O[C@@H]1O[C@H](CO)[C@@H](O)[C@H](O)[C@@H]1O)[C@@H](C)/C=C(\C)[C@@H](O)[C@@H](C)/C=C(\C)[C@@H](O)[C@@H](C)/C=C(\C)C(=O)OC[C@@H](O)[C@H](O)[C@H](O)CO. The van der Waals surface area contributed by atoms with E-state index in [0.29, 0.717) is 23.0 Å². The van der Waals surface area contributed by atoms with E-state index in [1.807, 2.05) is 19.9 Å². The molecule has 14 heteroatoms. The maximum absolute atomic E-state index is 12.5. The fourth-order valence-electron chi connectivity index (χ4n) is 7.16. The topological polar surface area (TPSA) is 247 Å². The first-order valence-electron chi connectivity index (χ1n) is 19.3. The van der Waals surface area contributed by atoms with E-state index >= 15 is 0 Å². The smallest absolute Gasteiger partial charge is 0.333 e. The van der Waals surface area contributed by atoms with Crippen molar-refractivity contribution in [1.29, 1.82) is 0 Å². The number of rotatable bonds is 23. The minimum atomic E-state index is -1.71. The summed E-state index contributed by atoms with van der Waals surface area (Å²) >= 11 is 0. The molecule has 0 aromatic carbocycles. The van der Waals surface area contributed by atoms with Crippen molar-refractivity contribution in [1.82, 2.24) is 0 Å². The Hall–Kier alpha value is -1.79. The van der Waals surface area contributed by atoms with Crippen molar-refractivity contribution in [3.8, 4) is 0 Å². The van der Waals surface area contributed by atoms with Gasteiger partial charge in [0, 0.05) is 23.3 Å². The van der Waals surface area contributed by atoms with E-state index in [4.69, 9.17) is 19.3 Å². The number of aliphatic hydroxyl groups excluding tert-OH is 10. The zero-order chi connectivity index (χ0) is 41.6. The zero-order valence-corrected chi connectivity index (χ0v) is 33.9. The van der Waals surface area contributed by atoms with E-state index in [-0.39, 0.29) is 17.4 Å². The summed E-state index contributed by atoms with van der Waals surface area (Å²) in [5.74, 6) is -1.23. The van der Waals surface area contributed by atoms with Crippen molar-refractivity contribution in [2.75, 3.05) is 19.8 Å². The van der Waals surface area contributed by atoms with Gasteiger partial charge in [-0.15, -0.1) is 0 Å². The highest BCUT2D eigenvalue weighted by Crippen LogP contribution is 2.33. The van der Waals surface area contributed by atoms with Crippen LogP contribution >= 0.6 is 0 Å². The third-order valence-electron chi connectivity index (χ3n) is 10.7. The minimum absolute atomic E-state index is 0.0477. The molecule has 54 heavy (non-hydrogen) atoms. The summed E-state index contributed by atoms with van der Waals surface area (Å²) in [7, 11) is 0. The second-order valence-corrected chi connectivity index (χ2v) is 15.9. The van der Waals surface area contributed by atoms with E-state index in [1.165, 1.54) is 13.0 Å². The normalized spacial score (nSPS) is 28.5. The second kappa shape index (κ2) is 24.1. The number of aliphatic hydroxyl groups is 10. The van der Waals surface area contributed by atoms with Gasteiger partial charge >= 0.3 is 5.97 Å². The van der Waals surface area contributed by atoms with Gasteiger partial charge in [0.1, 0.15) is 49.3 Å². The van der Waals surface area contributed by atoms with Gasteiger partial charge in [0.05, 0.1) is 31.5 Å². The van der Waals surface area contributed by atoms with Gasteiger partial charge in [0.2, 0.25) is 0 Å². The van der Waals surface area contributed by atoms with E-state index in [2.05, 4.69) is 20.8 Å². The molecule has 0 unspecified atom stereocenters. The highest BCUT2D eigenvalue weighted by molar-refractivity contribution is 5.87. The predicted molar refractivity (Wildman–Crippen MR) is 202 cm³/mol. The molecule has 0 bridgehead atoms. The Kier molecular flexibility index (Phi) is 22.4. The average Bonchev–Trinajstić information content (AvgIpc) is 3.13. The van der Waals surface area contributed by atoms with E-state index < -0.39 is 105 Å². The van der Waals surface area contributed by atoms with Gasteiger partial charge in [-0.2, -0.15) is 0 Å². The van der Waals surface area contributed by atoms with Crippen LogP contribution in [0.25, 0.3) is 0 Å². The molecule has 316 valence electrons. The molecule has 1 fully saturated rings. The summed E-state index contributed by atoms with van der Waals surface area (Å²) in [6.45, 7) is 17.0. The summed E-state index contributed by atoms with van der Waals surface area (Å²) < 4.78 is 17.1. The highest BCUT2D eigenvalue weighted by atomic mass is 16.7. The third kappa shape index (κ3) is 15.3. The Morgan fingerprint density at radius 3 is 1.78 bits per heavy atom. The van der Waals surface area contributed by atoms with Crippen LogP contribution in [-0.4, -0.2) is 144 Å². The maximum atomic E-state index is 12.5. The monoisotopic (exact) mass is 776 g/mol. The molecule has 0 aromatic heterocycles. The Morgan fingerprint density at radius 1 is 0.722 bits per heavy atom. The van der Waals surface area contributed by atoms with Gasteiger partial charge in [0.15, 0.2) is 6.29 Å².